The number of likely N-dealkylation sites (N-methyl/N-ethyl adjacent to an activating group) is 1. The number of nitrogens with one attached hydrogen (secondary N) is 1. The summed E-state index contributed by atoms with van der Waals surface area (Å²) >= 11 is 0. The highest BCUT2D eigenvalue weighted by Gasteiger charge is 2.13. The van der Waals surface area contributed by atoms with Gasteiger partial charge in [-0.15, -0.1) is 0 Å². The molecule has 4 nitrogen and oxygen atoms in total. The maximum Gasteiger partial charge on any atom is 0.0687 e. The van der Waals surface area contributed by atoms with Gasteiger partial charge >= 0.3 is 0 Å². The molecule has 1 atom stereocenters. The molecule has 96 valence electrons. The average molecular weight is 229 g/mol. The minimum Gasteiger partial charge on any atom is -0.392 e. The van der Waals surface area contributed by atoms with E-state index >= 15 is 0 Å². The van der Waals surface area contributed by atoms with Gasteiger partial charge < -0.3 is 15.3 Å². The van der Waals surface area contributed by atoms with E-state index < -0.39 is 0 Å². The van der Waals surface area contributed by atoms with Crippen molar-refractivity contribution in [2.45, 2.75) is 20.0 Å². The van der Waals surface area contributed by atoms with Crippen LogP contribution in [0.3, 0.4) is 0 Å². The minimum atomic E-state index is -0.215. The Morgan fingerprint density at radius 1 is 1.19 bits per heavy atom. The molecule has 0 spiro atoms. The SMILES string of the molecule is CC(C)C(O)CNCCN1CCN(C)CC1. The average Bonchev–Trinajstić information content (AvgIpc) is 2.26. The second-order valence-corrected chi connectivity index (χ2v) is 5.16. The van der Waals surface area contributed by atoms with Crippen LogP contribution in [0.2, 0.25) is 0 Å². The highest BCUT2D eigenvalue weighted by Crippen LogP contribution is 1.99. The number of aliphatic hydroxyl groups is 1. The molecule has 16 heavy (non-hydrogen) atoms. The van der Waals surface area contributed by atoms with Crippen molar-refractivity contribution in [2.75, 3.05) is 52.9 Å². The Labute approximate surface area is 99.6 Å². The summed E-state index contributed by atoms with van der Waals surface area (Å²) in [7, 11) is 2.18. The lowest BCUT2D eigenvalue weighted by atomic mass is 10.1. The Kier molecular flexibility index (Phi) is 6.28. The zero-order chi connectivity index (χ0) is 12.0. The third-order valence-electron chi connectivity index (χ3n) is 3.32. The Balaban J connectivity index is 1.99. The zero-order valence-corrected chi connectivity index (χ0v) is 10.9. The third-order valence-corrected chi connectivity index (χ3v) is 3.32. The quantitative estimate of drug-likeness (QED) is 0.621. The monoisotopic (exact) mass is 229 g/mol. The molecule has 1 unspecified atom stereocenters. The molecule has 1 aliphatic rings. The van der Waals surface area contributed by atoms with Crippen molar-refractivity contribution in [2.24, 2.45) is 5.92 Å². The van der Waals surface area contributed by atoms with Gasteiger partial charge in [-0.05, 0) is 13.0 Å². The van der Waals surface area contributed by atoms with Crippen molar-refractivity contribution < 1.29 is 5.11 Å². The van der Waals surface area contributed by atoms with Crippen LogP contribution in [0.4, 0.5) is 0 Å². The van der Waals surface area contributed by atoms with Crippen molar-refractivity contribution in [1.82, 2.24) is 15.1 Å². The van der Waals surface area contributed by atoms with Crippen molar-refractivity contribution >= 4 is 0 Å². The van der Waals surface area contributed by atoms with E-state index in [4.69, 9.17) is 0 Å². The van der Waals surface area contributed by atoms with Gasteiger partial charge in [0, 0.05) is 45.8 Å². The van der Waals surface area contributed by atoms with Gasteiger partial charge in [0.2, 0.25) is 0 Å². The van der Waals surface area contributed by atoms with E-state index in [1.165, 1.54) is 26.2 Å². The number of rotatable bonds is 6. The zero-order valence-electron chi connectivity index (χ0n) is 10.9. The summed E-state index contributed by atoms with van der Waals surface area (Å²) in [6.45, 7) is 11.6. The van der Waals surface area contributed by atoms with Gasteiger partial charge in [0.1, 0.15) is 0 Å². The summed E-state index contributed by atoms with van der Waals surface area (Å²) in [5.41, 5.74) is 0. The summed E-state index contributed by atoms with van der Waals surface area (Å²) in [6.07, 6.45) is -0.215. The predicted molar refractivity (Wildman–Crippen MR) is 67.7 cm³/mol. The number of hydrogen-bond donors (Lipinski definition) is 2. The van der Waals surface area contributed by atoms with Crippen LogP contribution in [-0.2, 0) is 0 Å². The van der Waals surface area contributed by atoms with Crippen LogP contribution in [0.15, 0.2) is 0 Å². The van der Waals surface area contributed by atoms with E-state index in [9.17, 15) is 5.11 Å². The van der Waals surface area contributed by atoms with Crippen LogP contribution >= 0.6 is 0 Å². The first-order chi connectivity index (χ1) is 7.59. The summed E-state index contributed by atoms with van der Waals surface area (Å²) in [4.78, 5) is 4.85. The van der Waals surface area contributed by atoms with Gasteiger partial charge in [-0.25, -0.2) is 0 Å². The Morgan fingerprint density at radius 3 is 2.38 bits per heavy atom. The summed E-state index contributed by atoms with van der Waals surface area (Å²) in [5, 5.41) is 12.9. The highest BCUT2D eigenvalue weighted by molar-refractivity contribution is 4.70. The molecule has 1 fully saturated rings. The normalized spacial score (nSPS) is 21.6. The molecule has 0 aromatic carbocycles. The van der Waals surface area contributed by atoms with Crippen LogP contribution in [-0.4, -0.2) is 73.9 Å². The number of aliphatic hydroxyl groups excluding tert-OH is 1. The smallest absolute Gasteiger partial charge is 0.0687 e. The van der Waals surface area contributed by atoms with Gasteiger partial charge in [-0.2, -0.15) is 0 Å². The molecule has 2 N–H and O–H groups in total. The van der Waals surface area contributed by atoms with Gasteiger partial charge in [0.05, 0.1) is 6.10 Å². The molecule has 4 heteroatoms. The van der Waals surface area contributed by atoms with E-state index in [0.717, 1.165) is 13.1 Å². The largest absolute Gasteiger partial charge is 0.392 e. The van der Waals surface area contributed by atoms with Crippen LogP contribution < -0.4 is 5.32 Å². The highest BCUT2D eigenvalue weighted by atomic mass is 16.3. The van der Waals surface area contributed by atoms with E-state index in [2.05, 4.69) is 22.2 Å². The molecule has 1 heterocycles. The van der Waals surface area contributed by atoms with Crippen molar-refractivity contribution in [3.05, 3.63) is 0 Å². The van der Waals surface area contributed by atoms with Gasteiger partial charge in [0.15, 0.2) is 0 Å². The molecular weight excluding hydrogens is 202 g/mol. The number of nitrogens with zero attached hydrogens (tertiary/aromatic N) is 2. The van der Waals surface area contributed by atoms with E-state index in [-0.39, 0.29) is 6.10 Å². The van der Waals surface area contributed by atoms with Crippen LogP contribution in [0, 0.1) is 5.92 Å². The lowest BCUT2D eigenvalue weighted by Gasteiger charge is -2.32. The lowest BCUT2D eigenvalue weighted by Crippen LogP contribution is -2.47. The van der Waals surface area contributed by atoms with Crippen molar-refractivity contribution in [3.63, 3.8) is 0 Å². The van der Waals surface area contributed by atoms with Crippen molar-refractivity contribution in [3.8, 4) is 0 Å². The summed E-state index contributed by atoms with van der Waals surface area (Å²) < 4.78 is 0. The first-order valence-corrected chi connectivity index (χ1v) is 6.39. The number of piperazine rings is 1. The standard InChI is InChI=1S/C12H27N3O/c1-11(2)12(16)10-13-4-5-15-8-6-14(3)7-9-15/h11-13,16H,4-10H2,1-3H3. The molecule has 0 aromatic rings. The van der Waals surface area contributed by atoms with E-state index in [1.807, 2.05) is 13.8 Å². The fourth-order valence-electron chi connectivity index (χ4n) is 1.79. The fourth-order valence-corrected chi connectivity index (χ4v) is 1.79. The second kappa shape index (κ2) is 7.22. The van der Waals surface area contributed by atoms with Gasteiger partial charge in [-0.1, -0.05) is 13.8 Å². The first-order valence-electron chi connectivity index (χ1n) is 6.39. The molecule has 0 aromatic heterocycles. The van der Waals surface area contributed by atoms with Crippen molar-refractivity contribution in [1.29, 1.82) is 0 Å². The molecule has 0 radical (unpaired) electrons. The molecule has 0 amide bonds. The van der Waals surface area contributed by atoms with Gasteiger partial charge in [-0.3, -0.25) is 4.90 Å². The molecule has 1 rings (SSSR count). The molecule has 0 bridgehead atoms. The molecule has 0 aliphatic carbocycles. The summed E-state index contributed by atoms with van der Waals surface area (Å²) in [5.74, 6) is 0.344. The Morgan fingerprint density at radius 2 is 1.81 bits per heavy atom. The maximum absolute atomic E-state index is 9.62. The second-order valence-electron chi connectivity index (χ2n) is 5.16. The molecule has 1 aliphatic heterocycles. The lowest BCUT2D eigenvalue weighted by molar-refractivity contribution is 0.119. The molecule has 1 saturated heterocycles. The Hall–Kier alpha value is -0.160. The van der Waals surface area contributed by atoms with Gasteiger partial charge in [0.25, 0.3) is 0 Å². The Bertz CT molecular complexity index is 179. The summed E-state index contributed by atoms with van der Waals surface area (Å²) in [6, 6.07) is 0. The predicted octanol–water partition coefficient (Wildman–Crippen LogP) is -0.160. The van der Waals surface area contributed by atoms with Crippen LogP contribution in [0.25, 0.3) is 0 Å². The first kappa shape index (κ1) is 13.9. The third kappa shape index (κ3) is 5.25. The van der Waals surface area contributed by atoms with Crippen LogP contribution in [0.5, 0.6) is 0 Å². The number of hydrogen-bond acceptors (Lipinski definition) is 4. The fraction of sp³-hybridized carbons (Fsp3) is 1.00. The topological polar surface area (TPSA) is 38.7 Å². The van der Waals surface area contributed by atoms with E-state index in [1.54, 1.807) is 0 Å². The molecule has 0 saturated carbocycles. The minimum absolute atomic E-state index is 0.215. The van der Waals surface area contributed by atoms with Crippen LogP contribution in [0.1, 0.15) is 13.8 Å². The van der Waals surface area contributed by atoms with E-state index in [0.29, 0.717) is 12.5 Å². The maximum atomic E-state index is 9.62. The molecular formula is C12H27N3O.